The highest BCUT2D eigenvalue weighted by atomic mass is 32.1. The molecule has 0 radical (unpaired) electrons. The molecule has 0 aliphatic carbocycles. The summed E-state index contributed by atoms with van der Waals surface area (Å²) >= 11 is 1.41. The molecule has 1 aromatic heterocycles. The fraction of sp³-hybridized carbons (Fsp3) is 0.619. The molecule has 0 amide bonds. The van der Waals surface area contributed by atoms with Crippen LogP contribution in [0.5, 0.6) is 10.9 Å². The molecule has 154 valence electrons. The van der Waals surface area contributed by atoms with Crippen molar-refractivity contribution >= 4 is 33.2 Å². The van der Waals surface area contributed by atoms with E-state index in [2.05, 4.69) is 16.8 Å². The summed E-state index contributed by atoms with van der Waals surface area (Å²) < 4.78 is 17.5. The van der Waals surface area contributed by atoms with Gasteiger partial charge in [-0.1, -0.05) is 50.9 Å². The Bertz CT molecular complexity index is 786. The molecule has 0 bridgehead atoms. The van der Waals surface area contributed by atoms with E-state index in [-0.39, 0.29) is 11.9 Å². The molecule has 2 aromatic rings. The second-order valence-corrected chi connectivity index (χ2v) is 8.18. The highest BCUT2D eigenvalue weighted by Crippen LogP contribution is 2.40. The number of methoxy groups -OCH3 is 1. The zero-order valence-corrected chi connectivity index (χ0v) is 17.8. The summed E-state index contributed by atoms with van der Waals surface area (Å²) in [6, 6.07) is 3.97. The number of esters is 1. The van der Waals surface area contributed by atoms with Crippen LogP contribution < -0.4 is 14.4 Å². The lowest BCUT2D eigenvalue weighted by Crippen LogP contribution is -2.36. The third kappa shape index (κ3) is 4.94. The van der Waals surface area contributed by atoms with Gasteiger partial charge in [-0.05, 0) is 18.6 Å². The van der Waals surface area contributed by atoms with Gasteiger partial charge in [0.05, 0.1) is 36.6 Å². The molecule has 1 fully saturated rings. The third-order valence-corrected chi connectivity index (χ3v) is 6.07. The summed E-state index contributed by atoms with van der Waals surface area (Å²) in [5.74, 6) is 0.366. The molecule has 7 heteroatoms. The molecule has 1 saturated heterocycles. The van der Waals surface area contributed by atoms with E-state index >= 15 is 0 Å². The first-order chi connectivity index (χ1) is 13.6. The minimum absolute atomic E-state index is 0.121. The van der Waals surface area contributed by atoms with Crippen LogP contribution in [0.1, 0.15) is 46.0 Å². The lowest BCUT2D eigenvalue weighted by molar-refractivity contribution is -0.138. The number of carbonyl (C=O) groups excluding carboxylic acids is 1. The molecule has 1 aliphatic rings. The number of morpholine rings is 1. The van der Waals surface area contributed by atoms with E-state index in [0.29, 0.717) is 24.2 Å². The third-order valence-electron chi connectivity index (χ3n) is 5.12. The van der Waals surface area contributed by atoms with E-state index in [1.165, 1.54) is 24.2 Å². The Hall–Kier alpha value is -1.86. The number of benzene rings is 1. The van der Waals surface area contributed by atoms with Crippen molar-refractivity contribution in [1.29, 1.82) is 0 Å². The van der Waals surface area contributed by atoms with Crippen LogP contribution in [0.4, 0.5) is 5.69 Å². The minimum Gasteiger partial charge on any atom is -0.494 e. The zero-order valence-electron chi connectivity index (χ0n) is 17.0. The monoisotopic (exact) mass is 406 g/mol. The van der Waals surface area contributed by atoms with Gasteiger partial charge in [0.2, 0.25) is 0 Å². The van der Waals surface area contributed by atoms with Gasteiger partial charge < -0.3 is 19.1 Å². The molecule has 6 nitrogen and oxygen atoms in total. The van der Waals surface area contributed by atoms with E-state index in [1.807, 2.05) is 19.1 Å². The highest BCUT2D eigenvalue weighted by molar-refractivity contribution is 7.21. The predicted octanol–water partition coefficient (Wildman–Crippen LogP) is 4.65. The summed E-state index contributed by atoms with van der Waals surface area (Å²) in [5, 5.41) is 0.388. The van der Waals surface area contributed by atoms with Gasteiger partial charge in [0.15, 0.2) is 0 Å². The number of carbonyl (C=O) groups is 1. The maximum absolute atomic E-state index is 12.5. The van der Waals surface area contributed by atoms with Crippen LogP contribution in [-0.2, 0) is 9.53 Å². The lowest BCUT2D eigenvalue weighted by Gasteiger charge is -2.29. The van der Waals surface area contributed by atoms with Gasteiger partial charge in [-0.25, -0.2) is 0 Å². The molecule has 0 spiro atoms. The van der Waals surface area contributed by atoms with Crippen molar-refractivity contribution in [1.82, 2.24) is 4.98 Å². The number of thiazole rings is 1. The van der Waals surface area contributed by atoms with E-state index in [4.69, 9.17) is 14.2 Å². The summed E-state index contributed by atoms with van der Waals surface area (Å²) in [6.45, 7) is 7.21. The Kier molecular flexibility index (Phi) is 7.50. The normalized spacial score (nSPS) is 15.6. The SMILES string of the molecule is CCCCCCC(C)C(=O)Oc1nc2c(OC)ccc(N3CCOCC3)c2s1. The van der Waals surface area contributed by atoms with Crippen molar-refractivity contribution < 1.29 is 19.0 Å². The number of hydrogen-bond donors (Lipinski definition) is 0. The van der Waals surface area contributed by atoms with Crippen LogP contribution in [0, 0.1) is 5.92 Å². The average Bonchev–Trinajstić information content (AvgIpc) is 3.14. The standard InChI is InChI=1S/C21H30N2O4S/c1-4-5-6-7-8-15(2)20(24)27-21-22-18-17(25-3)10-9-16(19(18)28-21)23-11-13-26-14-12-23/h9-10,15H,4-8,11-14H2,1-3H3. The molecular formula is C21H30N2O4S. The van der Waals surface area contributed by atoms with Gasteiger partial charge in [-0.3, -0.25) is 4.79 Å². The number of ether oxygens (including phenoxy) is 3. The quantitative estimate of drug-likeness (QED) is 0.446. The van der Waals surface area contributed by atoms with Crippen molar-refractivity contribution in [3.63, 3.8) is 0 Å². The second kappa shape index (κ2) is 10.1. The Morgan fingerprint density at radius 3 is 2.79 bits per heavy atom. The molecule has 1 atom stereocenters. The minimum atomic E-state index is -0.206. The second-order valence-electron chi connectivity index (χ2n) is 7.22. The van der Waals surface area contributed by atoms with Crippen LogP contribution in [0.15, 0.2) is 12.1 Å². The number of fused-ring (bicyclic) bond motifs is 1. The fourth-order valence-corrected chi connectivity index (χ4v) is 4.37. The van der Waals surface area contributed by atoms with E-state index in [9.17, 15) is 4.79 Å². The van der Waals surface area contributed by atoms with Crippen molar-refractivity contribution in [2.75, 3.05) is 38.3 Å². The molecule has 2 heterocycles. The number of aromatic nitrogens is 1. The molecular weight excluding hydrogens is 376 g/mol. The smallest absolute Gasteiger partial charge is 0.315 e. The Labute approximate surface area is 170 Å². The number of nitrogens with zero attached hydrogens (tertiary/aromatic N) is 2. The average molecular weight is 407 g/mol. The van der Waals surface area contributed by atoms with E-state index in [0.717, 1.165) is 48.3 Å². The van der Waals surface area contributed by atoms with Crippen LogP contribution in [0.3, 0.4) is 0 Å². The number of unbranched alkanes of at least 4 members (excludes halogenated alkanes) is 3. The number of hydrogen-bond acceptors (Lipinski definition) is 7. The summed E-state index contributed by atoms with van der Waals surface area (Å²) in [4.78, 5) is 19.3. The molecule has 1 unspecified atom stereocenters. The molecule has 0 saturated carbocycles. The topological polar surface area (TPSA) is 60.9 Å². The maximum atomic E-state index is 12.5. The molecule has 1 aromatic carbocycles. The van der Waals surface area contributed by atoms with Crippen LogP contribution in [-0.4, -0.2) is 44.4 Å². The van der Waals surface area contributed by atoms with Crippen LogP contribution in [0.25, 0.3) is 10.2 Å². The zero-order chi connectivity index (χ0) is 19.9. The van der Waals surface area contributed by atoms with Gasteiger partial charge in [0.1, 0.15) is 11.3 Å². The van der Waals surface area contributed by atoms with Crippen molar-refractivity contribution in [2.24, 2.45) is 5.92 Å². The van der Waals surface area contributed by atoms with Crippen molar-refractivity contribution in [3.8, 4) is 10.9 Å². The Balaban J connectivity index is 1.75. The maximum Gasteiger partial charge on any atom is 0.315 e. The van der Waals surface area contributed by atoms with Gasteiger partial charge in [-0.2, -0.15) is 4.98 Å². The molecule has 0 N–H and O–H groups in total. The lowest BCUT2D eigenvalue weighted by atomic mass is 10.0. The summed E-state index contributed by atoms with van der Waals surface area (Å²) in [6.07, 6.45) is 5.47. The van der Waals surface area contributed by atoms with Crippen LogP contribution >= 0.6 is 11.3 Å². The van der Waals surface area contributed by atoms with Gasteiger partial charge in [-0.15, -0.1) is 0 Å². The van der Waals surface area contributed by atoms with Gasteiger partial charge >= 0.3 is 5.97 Å². The van der Waals surface area contributed by atoms with Crippen LogP contribution in [0.2, 0.25) is 0 Å². The van der Waals surface area contributed by atoms with Crippen molar-refractivity contribution in [2.45, 2.75) is 46.0 Å². The molecule has 28 heavy (non-hydrogen) atoms. The summed E-state index contributed by atoms with van der Waals surface area (Å²) in [5.41, 5.74) is 1.83. The first-order valence-electron chi connectivity index (χ1n) is 10.2. The van der Waals surface area contributed by atoms with E-state index in [1.54, 1.807) is 7.11 Å². The van der Waals surface area contributed by atoms with E-state index < -0.39 is 0 Å². The highest BCUT2D eigenvalue weighted by Gasteiger charge is 2.22. The summed E-state index contributed by atoms with van der Waals surface area (Å²) in [7, 11) is 1.63. The fourth-order valence-electron chi connectivity index (χ4n) is 3.39. The largest absolute Gasteiger partial charge is 0.494 e. The number of rotatable bonds is 9. The van der Waals surface area contributed by atoms with Gasteiger partial charge in [0, 0.05) is 13.1 Å². The molecule has 1 aliphatic heterocycles. The first-order valence-corrected chi connectivity index (χ1v) is 11.0. The predicted molar refractivity (Wildman–Crippen MR) is 113 cm³/mol. The Morgan fingerprint density at radius 1 is 1.29 bits per heavy atom. The number of anilines is 1. The van der Waals surface area contributed by atoms with Crippen molar-refractivity contribution in [3.05, 3.63) is 12.1 Å². The first kappa shape index (κ1) is 20.9. The Morgan fingerprint density at radius 2 is 2.07 bits per heavy atom. The molecule has 3 rings (SSSR count). The van der Waals surface area contributed by atoms with Gasteiger partial charge in [0.25, 0.3) is 5.19 Å².